The molecule has 1 heterocycles. The number of nitrogens with one attached hydrogen (secondary N) is 1. The third-order valence-electron chi connectivity index (χ3n) is 1.00. The monoisotopic (exact) mass is 155 g/mol. The largest absolute Gasteiger partial charge is 1.00 e. The molecule has 1 aliphatic rings. The number of carbonyl (C=O) groups is 1. The molecule has 0 bridgehead atoms. The van der Waals surface area contributed by atoms with E-state index in [-0.39, 0.29) is 29.6 Å². The second-order valence-corrected chi connectivity index (χ2v) is 2.62. The zero-order chi connectivity index (χ0) is 5.98. The fourth-order valence-electron chi connectivity index (χ4n) is 0.547. The van der Waals surface area contributed by atoms with Crippen molar-refractivity contribution in [3.05, 3.63) is 0 Å². The van der Waals surface area contributed by atoms with Gasteiger partial charge in [-0.25, -0.2) is 0 Å². The number of hydrogen-bond donors (Lipinski definition) is 1. The molecule has 0 spiro atoms. The van der Waals surface area contributed by atoms with E-state index in [1.165, 1.54) is 0 Å². The SMILES string of the molecule is O=C([O-])[C@H]1CSCN1.[Na+]. The summed E-state index contributed by atoms with van der Waals surface area (Å²) in [6.45, 7) is 0. The molecule has 0 radical (unpaired) electrons. The van der Waals surface area contributed by atoms with Crippen molar-refractivity contribution >= 4 is 17.7 Å². The summed E-state index contributed by atoms with van der Waals surface area (Å²) in [6, 6.07) is -0.417. The first-order chi connectivity index (χ1) is 3.80. The van der Waals surface area contributed by atoms with Gasteiger partial charge in [0.25, 0.3) is 0 Å². The van der Waals surface area contributed by atoms with E-state index in [0.717, 1.165) is 5.88 Å². The number of hydrogen-bond acceptors (Lipinski definition) is 4. The van der Waals surface area contributed by atoms with Crippen LogP contribution in [0.25, 0.3) is 0 Å². The van der Waals surface area contributed by atoms with E-state index in [1.54, 1.807) is 11.8 Å². The molecule has 0 amide bonds. The van der Waals surface area contributed by atoms with Gasteiger partial charge in [-0.15, -0.1) is 11.8 Å². The summed E-state index contributed by atoms with van der Waals surface area (Å²) in [6.07, 6.45) is 0. The third kappa shape index (κ3) is 2.91. The molecule has 5 heteroatoms. The van der Waals surface area contributed by atoms with E-state index in [4.69, 9.17) is 0 Å². The van der Waals surface area contributed by atoms with E-state index in [1.807, 2.05) is 0 Å². The minimum Gasteiger partial charge on any atom is -0.548 e. The average molecular weight is 155 g/mol. The van der Waals surface area contributed by atoms with E-state index >= 15 is 0 Å². The Hall–Kier alpha value is 0.780. The van der Waals surface area contributed by atoms with E-state index < -0.39 is 12.0 Å². The molecule has 0 aliphatic carbocycles. The van der Waals surface area contributed by atoms with Gasteiger partial charge in [-0.05, 0) is 0 Å². The fourth-order valence-corrected chi connectivity index (χ4v) is 1.47. The minimum atomic E-state index is -0.991. The summed E-state index contributed by atoms with van der Waals surface area (Å²) in [4.78, 5) is 10.0. The number of aliphatic carboxylic acids is 1. The zero-order valence-corrected chi connectivity index (χ0v) is 8.03. The predicted octanol–water partition coefficient (Wildman–Crippen LogP) is -4.60. The normalized spacial score (nSPS) is 25.1. The predicted molar refractivity (Wildman–Crippen MR) is 29.3 cm³/mol. The van der Waals surface area contributed by atoms with Crippen LogP contribution in [0.1, 0.15) is 0 Å². The Kier molecular flexibility index (Phi) is 4.97. The van der Waals surface area contributed by atoms with E-state index in [2.05, 4.69) is 5.32 Å². The molecule has 1 aliphatic heterocycles. The van der Waals surface area contributed by atoms with Gasteiger partial charge in [0, 0.05) is 11.6 Å². The maximum atomic E-state index is 10.0. The molecule has 46 valence electrons. The first-order valence-electron chi connectivity index (χ1n) is 2.32. The van der Waals surface area contributed by atoms with Gasteiger partial charge in [0.15, 0.2) is 0 Å². The Morgan fingerprint density at radius 1 is 1.78 bits per heavy atom. The van der Waals surface area contributed by atoms with Crippen LogP contribution in [-0.2, 0) is 4.79 Å². The van der Waals surface area contributed by atoms with Gasteiger partial charge >= 0.3 is 29.6 Å². The summed E-state index contributed by atoms with van der Waals surface area (Å²) in [7, 11) is 0. The smallest absolute Gasteiger partial charge is 0.548 e. The average Bonchev–Trinajstić information content (AvgIpc) is 2.12. The Morgan fingerprint density at radius 2 is 2.44 bits per heavy atom. The molecule has 9 heavy (non-hydrogen) atoms. The van der Waals surface area contributed by atoms with Gasteiger partial charge in [-0.1, -0.05) is 0 Å². The van der Waals surface area contributed by atoms with Crippen LogP contribution in [0.3, 0.4) is 0 Å². The van der Waals surface area contributed by atoms with Gasteiger partial charge < -0.3 is 9.90 Å². The van der Waals surface area contributed by atoms with Crippen LogP contribution in [0.4, 0.5) is 0 Å². The van der Waals surface area contributed by atoms with Crippen molar-refractivity contribution in [2.75, 3.05) is 11.6 Å². The summed E-state index contributed by atoms with van der Waals surface area (Å²) >= 11 is 1.58. The molecule has 3 nitrogen and oxygen atoms in total. The molecule has 1 N–H and O–H groups in total. The molecule has 1 saturated heterocycles. The Morgan fingerprint density at radius 3 is 2.67 bits per heavy atom. The maximum Gasteiger partial charge on any atom is 1.00 e. The standard InChI is InChI=1S/C4H7NO2S.Na/c6-4(7)3-1-8-2-5-3;/h3,5H,1-2H2,(H,6,7);/q;+1/p-1/t3-;/m1./s1. The van der Waals surface area contributed by atoms with Crippen molar-refractivity contribution in [1.82, 2.24) is 5.32 Å². The van der Waals surface area contributed by atoms with Crippen LogP contribution < -0.4 is 40.0 Å². The molecule has 1 fully saturated rings. The van der Waals surface area contributed by atoms with Crippen LogP contribution in [0.5, 0.6) is 0 Å². The van der Waals surface area contributed by atoms with Crippen LogP contribution >= 0.6 is 11.8 Å². The second-order valence-electron chi connectivity index (χ2n) is 1.59. The topological polar surface area (TPSA) is 52.2 Å². The van der Waals surface area contributed by atoms with Crippen LogP contribution in [-0.4, -0.2) is 23.6 Å². The third-order valence-corrected chi connectivity index (χ3v) is 1.94. The number of thioether (sulfide) groups is 1. The minimum absolute atomic E-state index is 0. The van der Waals surface area contributed by atoms with Gasteiger partial charge in [0.05, 0.1) is 12.0 Å². The van der Waals surface area contributed by atoms with Gasteiger partial charge in [-0.2, -0.15) is 0 Å². The van der Waals surface area contributed by atoms with E-state index in [9.17, 15) is 9.90 Å². The second kappa shape index (κ2) is 4.57. The molecular weight excluding hydrogens is 149 g/mol. The van der Waals surface area contributed by atoms with E-state index in [0.29, 0.717) is 5.75 Å². The number of rotatable bonds is 1. The van der Waals surface area contributed by atoms with Crippen molar-refractivity contribution < 1.29 is 39.5 Å². The van der Waals surface area contributed by atoms with Crippen molar-refractivity contribution in [2.45, 2.75) is 6.04 Å². The summed E-state index contributed by atoms with van der Waals surface area (Å²) in [5.74, 6) is 0.385. The Balaban J connectivity index is 0.000000640. The molecule has 0 aromatic heterocycles. The molecule has 1 atom stereocenters. The van der Waals surface area contributed by atoms with Crippen molar-refractivity contribution in [1.29, 1.82) is 0 Å². The Bertz CT molecular complexity index is 105. The van der Waals surface area contributed by atoms with Crippen LogP contribution in [0.2, 0.25) is 0 Å². The summed E-state index contributed by atoms with van der Waals surface area (Å²) in [5.41, 5.74) is 0. The molecule has 0 aromatic carbocycles. The van der Waals surface area contributed by atoms with Crippen LogP contribution in [0.15, 0.2) is 0 Å². The number of carboxylic acid groups (broad SMARTS) is 1. The molecule has 1 rings (SSSR count). The number of carbonyl (C=O) groups excluding carboxylic acids is 1. The Labute approximate surface area is 79.9 Å². The maximum absolute atomic E-state index is 10.0. The van der Waals surface area contributed by atoms with Crippen LogP contribution in [0, 0.1) is 0 Å². The first kappa shape index (κ1) is 9.78. The molecular formula is C4H6NNaO2S. The van der Waals surface area contributed by atoms with Gasteiger partial charge in [0.1, 0.15) is 0 Å². The van der Waals surface area contributed by atoms with Crippen molar-refractivity contribution in [2.24, 2.45) is 0 Å². The van der Waals surface area contributed by atoms with Crippen molar-refractivity contribution in [3.63, 3.8) is 0 Å². The quantitative estimate of drug-likeness (QED) is 0.387. The molecule has 0 aromatic rings. The fraction of sp³-hybridized carbons (Fsp3) is 0.750. The first-order valence-corrected chi connectivity index (χ1v) is 3.48. The molecule has 0 saturated carbocycles. The molecule has 0 unspecified atom stereocenters. The van der Waals surface area contributed by atoms with Gasteiger partial charge in [-0.3, -0.25) is 5.32 Å². The van der Waals surface area contributed by atoms with Crippen molar-refractivity contribution in [3.8, 4) is 0 Å². The van der Waals surface area contributed by atoms with Gasteiger partial charge in [0.2, 0.25) is 0 Å². The summed E-state index contributed by atoms with van der Waals surface area (Å²) < 4.78 is 0. The zero-order valence-electron chi connectivity index (χ0n) is 5.22. The number of carboxylic acids is 1. The summed E-state index contributed by atoms with van der Waals surface area (Å²) in [5, 5.41) is 12.8.